The van der Waals surface area contributed by atoms with Crippen LogP contribution in [-0.4, -0.2) is 18.6 Å². The molecular weight excluding hydrogens is 296 g/mol. The Morgan fingerprint density at radius 1 is 1.50 bits per heavy atom. The molecule has 4 nitrogen and oxygen atoms in total. The minimum absolute atomic E-state index is 0.204. The molecule has 96 valence electrons. The molecule has 1 rings (SSSR count). The number of nitrogens with zero attached hydrogens (tertiary/aromatic N) is 1. The minimum atomic E-state index is -0.602. The first-order valence-corrected chi connectivity index (χ1v) is 6.42. The molecular formula is C13H15BrN2O2. The minimum Gasteiger partial charge on any atom is -0.480 e. The number of hydrogen-bond acceptors (Lipinski definition) is 3. The Morgan fingerprint density at radius 3 is 2.78 bits per heavy atom. The van der Waals surface area contributed by atoms with Crippen molar-refractivity contribution < 1.29 is 9.53 Å². The number of para-hydroxylation sites is 1. The van der Waals surface area contributed by atoms with E-state index in [9.17, 15) is 4.79 Å². The topological polar surface area (TPSA) is 62.1 Å². The van der Waals surface area contributed by atoms with Gasteiger partial charge in [-0.3, -0.25) is 4.79 Å². The van der Waals surface area contributed by atoms with Gasteiger partial charge in [-0.1, -0.05) is 12.1 Å². The average molecular weight is 311 g/mol. The molecule has 0 bridgehead atoms. The van der Waals surface area contributed by atoms with Crippen molar-refractivity contribution in [3.8, 4) is 11.8 Å². The summed E-state index contributed by atoms with van der Waals surface area (Å²) in [6, 6.07) is 9.39. The average Bonchev–Trinajstić information content (AvgIpc) is 2.38. The fourth-order valence-corrected chi connectivity index (χ4v) is 1.61. The van der Waals surface area contributed by atoms with E-state index in [4.69, 9.17) is 10.00 Å². The van der Waals surface area contributed by atoms with E-state index in [0.717, 1.165) is 4.47 Å². The zero-order valence-corrected chi connectivity index (χ0v) is 11.9. The first-order valence-electron chi connectivity index (χ1n) is 5.63. The third kappa shape index (κ3) is 4.38. The van der Waals surface area contributed by atoms with Crippen LogP contribution in [0.3, 0.4) is 0 Å². The van der Waals surface area contributed by atoms with Crippen molar-refractivity contribution in [3.05, 3.63) is 28.7 Å². The van der Waals surface area contributed by atoms with Gasteiger partial charge in [0.05, 0.1) is 16.5 Å². The zero-order valence-electron chi connectivity index (χ0n) is 10.3. The largest absolute Gasteiger partial charge is 0.480 e. The summed E-state index contributed by atoms with van der Waals surface area (Å²) in [5, 5.41) is 11.3. The lowest BCUT2D eigenvalue weighted by atomic mass is 10.2. The van der Waals surface area contributed by atoms with Crippen LogP contribution in [0.2, 0.25) is 0 Å². The Hall–Kier alpha value is -1.54. The molecule has 0 saturated carbocycles. The second kappa shape index (κ2) is 7.02. The first-order chi connectivity index (χ1) is 8.54. The van der Waals surface area contributed by atoms with E-state index in [2.05, 4.69) is 27.3 Å². The maximum atomic E-state index is 11.7. The summed E-state index contributed by atoms with van der Waals surface area (Å²) < 4.78 is 6.33. The number of ether oxygens (including phenoxy) is 1. The maximum Gasteiger partial charge on any atom is 0.260 e. The molecule has 0 aromatic heterocycles. The van der Waals surface area contributed by atoms with E-state index in [1.165, 1.54) is 0 Å². The fraction of sp³-hybridized carbons (Fsp3) is 0.385. The van der Waals surface area contributed by atoms with Crippen LogP contribution < -0.4 is 10.1 Å². The molecule has 0 spiro atoms. The molecule has 2 atom stereocenters. The SMILES string of the molecule is C[C@@H](C#N)CNC(=O)[C@@H](C)Oc1ccccc1Br. The summed E-state index contributed by atoms with van der Waals surface area (Å²) in [5.41, 5.74) is 0. The molecule has 0 radical (unpaired) electrons. The van der Waals surface area contributed by atoms with Crippen LogP contribution >= 0.6 is 15.9 Å². The summed E-state index contributed by atoms with van der Waals surface area (Å²) in [6.07, 6.45) is -0.602. The monoisotopic (exact) mass is 310 g/mol. The van der Waals surface area contributed by atoms with Crippen molar-refractivity contribution in [1.29, 1.82) is 5.26 Å². The number of rotatable bonds is 5. The van der Waals surface area contributed by atoms with E-state index < -0.39 is 6.10 Å². The molecule has 0 heterocycles. The number of carbonyl (C=O) groups is 1. The summed E-state index contributed by atoms with van der Waals surface area (Å²) in [4.78, 5) is 11.7. The molecule has 0 aliphatic heterocycles. The molecule has 1 aromatic carbocycles. The highest BCUT2D eigenvalue weighted by atomic mass is 79.9. The lowest BCUT2D eigenvalue weighted by molar-refractivity contribution is -0.127. The number of amides is 1. The van der Waals surface area contributed by atoms with E-state index in [1.807, 2.05) is 18.2 Å². The smallest absolute Gasteiger partial charge is 0.260 e. The van der Waals surface area contributed by atoms with Gasteiger partial charge in [-0.25, -0.2) is 0 Å². The van der Waals surface area contributed by atoms with Crippen molar-refractivity contribution in [2.24, 2.45) is 5.92 Å². The van der Waals surface area contributed by atoms with Crippen LogP contribution in [0.15, 0.2) is 28.7 Å². The fourth-order valence-electron chi connectivity index (χ4n) is 1.23. The Bertz CT molecular complexity index is 457. The Labute approximate surface area is 115 Å². The van der Waals surface area contributed by atoms with Crippen LogP contribution in [0, 0.1) is 17.2 Å². The molecule has 5 heteroatoms. The highest BCUT2D eigenvalue weighted by Gasteiger charge is 2.16. The van der Waals surface area contributed by atoms with Crippen molar-refractivity contribution >= 4 is 21.8 Å². The van der Waals surface area contributed by atoms with Crippen LogP contribution in [-0.2, 0) is 4.79 Å². The van der Waals surface area contributed by atoms with Crippen LogP contribution in [0.1, 0.15) is 13.8 Å². The Morgan fingerprint density at radius 2 is 2.17 bits per heavy atom. The number of halogens is 1. The van der Waals surface area contributed by atoms with Crippen molar-refractivity contribution in [2.75, 3.05) is 6.54 Å². The zero-order chi connectivity index (χ0) is 13.5. The van der Waals surface area contributed by atoms with Gasteiger partial charge >= 0.3 is 0 Å². The number of carbonyl (C=O) groups excluding carboxylic acids is 1. The summed E-state index contributed by atoms with van der Waals surface area (Å²) in [5.74, 6) is 0.186. The molecule has 0 fully saturated rings. The standard InChI is InChI=1S/C13H15BrN2O2/c1-9(7-15)8-16-13(17)10(2)18-12-6-4-3-5-11(12)14/h3-6,9-10H,8H2,1-2H3,(H,16,17)/t9-,10+/m0/s1. The summed E-state index contributed by atoms with van der Waals surface area (Å²) in [7, 11) is 0. The first kappa shape index (κ1) is 14.5. The summed E-state index contributed by atoms with van der Waals surface area (Å²) in [6.45, 7) is 3.75. The molecule has 18 heavy (non-hydrogen) atoms. The van der Waals surface area contributed by atoms with Crippen molar-refractivity contribution in [1.82, 2.24) is 5.32 Å². The van der Waals surface area contributed by atoms with Gasteiger partial charge in [-0.05, 0) is 41.9 Å². The summed E-state index contributed by atoms with van der Waals surface area (Å²) >= 11 is 3.35. The number of nitriles is 1. The van der Waals surface area contributed by atoms with E-state index in [1.54, 1.807) is 19.9 Å². The number of hydrogen-bond donors (Lipinski definition) is 1. The van der Waals surface area contributed by atoms with Crippen molar-refractivity contribution in [2.45, 2.75) is 20.0 Å². The van der Waals surface area contributed by atoms with Gasteiger partial charge in [0.2, 0.25) is 0 Å². The van der Waals surface area contributed by atoms with Gasteiger partial charge in [-0.15, -0.1) is 0 Å². The lowest BCUT2D eigenvalue weighted by Crippen LogP contribution is -2.38. The highest BCUT2D eigenvalue weighted by Crippen LogP contribution is 2.24. The number of nitrogens with one attached hydrogen (secondary N) is 1. The van der Waals surface area contributed by atoms with Gasteiger partial charge in [0, 0.05) is 6.54 Å². The van der Waals surface area contributed by atoms with Crippen molar-refractivity contribution in [3.63, 3.8) is 0 Å². The van der Waals surface area contributed by atoms with Gasteiger partial charge in [-0.2, -0.15) is 5.26 Å². The van der Waals surface area contributed by atoms with Gasteiger partial charge < -0.3 is 10.1 Å². The van der Waals surface area contributed by atoms with Gasteiger partial charge in [0.25, 0.3) is 5.91 Å². The Balaban J connectivity index is 2.51. The predicted octanol–water partition coefficient (Wildman–Crippen LogP) is 2.49. The second-order valence-corrected chi connectivity index (χ2v) is 4.82. The van der Waals surface area contributed by atoms with Crippen LogP contribution in [0.4, 0.5) is 0 Å². The van der Waals surface area contributed by atoms with Gasteiger partial charge in [0.15, 0.2) is 6.10 Å². The normalized spacial score (nSPS) is 13.2. The van der Waals surface area contributed by atoms with E-state index >= 15 is 0 Å². The molecule has 1 aromatic rings. The lowest BCUT2D eigenvalue weighted by Gasteiger charge is -2.16. The van der Waals surface area contributed by atoms with Crippen LogP contribution in [0.5, 0.6) is 5.75 Å². The number of benzene rings is 1. The van der Waals surface area contributed by atoms with E-state index in [0.29, 0.717) is 12.3 Å². The van der Waals surface area contributed by atoms with Crippen LogP contribution in [0.25, 0.3) is 0 Å². The molecule has 0 aliphatic carbocycles. The van der Waals surface area contributed by atoms with E-state index in [-0.39, 0.29) is 11.8 Å². The third-order valence-electron chi connectivity index (χ3n) is 2.31. The predicted molar refractivity (Wildman–Crippen MR) is 72.0 cm³/mol. The maximum absolute atomic E-state index is 11.7. The van der Waals surface area contributed by atoms with Gasteiger partial charge in [0.1, 0.15) is 5.75 Å². The highest BCUT2D eigenvalue weighted by molar-refractivity contribution is 9.10. The Kier molecular flexibility index (Phi) is 5.66. The third-order valence-corrected chi connectivity index (χ3v) is 2.97. The molecule has 1 amide bonds. The molecule has 0 saturated heterocycles. The quantitative estimate of drug-likeness (QED) is 0.909. The molecule has 1 N–H and O–H groups in total. The molecule has 0 aliphatic rings. The second-order valence-electron chi connectivity index (χ2n) is 3.97. The molecule has 0 unspecified atom stereocenters.